The molecule has 28 heavy (non-hydrogen) atoms. The number of alkyl halides is 3. The number of guanidine groups is 1. The van der Waals surface area contributed by atoms with Crippen molar-refractivity contribution < 1.29 is 22.6 Å². The molecule has 1 aromatic carbocycles. The van der Waals surface area contributed by atoms with Crippen molar-refractivity contribution >= 4 is 5.96 Å². The lowest BCUT2D eigenvalue weighted by Gasteiger charge is -2.13. The first-order chi connectivity index (χ1) is 13.4. The molecule has 0 aliphatic rings. The molecule has 6 nitrogen and oxygen atoms in total. The Kier molecular flexibility index (Phi) is 7.91. The van der Waals surface area contributed by atoms with Crippen molar-refractivity contribution in [1.82, 2.24) is 15.6 Å². The van der Waals surface area contributed by atoms with Crippen molar-refractivity contribution in [3.05, 3.63) is 53.7 Å². The summed E-state index contributed by atoms with van der Waals surface area (Å²) in [4.78, 5) is 7.91. The molecule has 0 spiro atoms. The van der Waals surface area contributed by atoms with Gasteiger partial charge in [0.25, 0.3) is 0 Å². The Morgan fingerprint density at radius 3 is 2.50 bits per heavy atom. The largest absolute Gasteiger partial charge is 0.497 e. The molecule has 0 atom stereocenters. The first-order valence-electron chi connectivity index (χ1n) is 8.61. The van der Waals surface area contributed by atoms with E-state index in [-0.39, 0.29) is 5.88 Å². The number of hydrogen-bond donors (Lipinski definition) is 2. The van der Waals surface area contributed by atoms with Crippen molar-refractivity contribution in [2.45, 2.75) is 19.1 Å². The van der Waals surface area contributed by atoms with E-state index in [1.165, 1.54) is 12.3 Å². The topological polar surface area (TPSA) is 67.8 Å². The number of hydrogen-bond acceptors (Lipinski definition) is 4. The van der Waals surface area contributed by atoms with Crippen LogP contribution in [0.15, 0.2) is 47.6 Å². The van der Waals surface area contributed by atoms with E-state index in [4.69, 9.17) is 4.74 Å². The van der Waals surface area contributed by atoms with Crippen molar-refractivity contribution in [3.8, 4) is 11.6 Å². The molecule has 2 rings (SSSR count). The van der Waals surface area contributed by atoms with Gasteiger partial charge >= 0.3 is 6.18 Å². The lowest BCUT2D eigenvalue weighted by Crippen LogP contribution is -2.37. The Bertz CT molecular complexity index is 765. The Labute approximate surface area is 161 Å². The molecule has 0 aliphatic heterocycles. The quantitative estimate of drug-likeness (QED) is 0.531. The van der Waals surface area contributed by atoms with Crippen molar-refractivity contribution in [2.75, 3.05) is 27.3 Å². The molecule has 2 N–H and O–H groups in total. The Morgan fingerprint density at radius 2 is 1.86 bits per heavy atom. The van der Waals surface area contributed by atoms with Gasteiger partial charge in [-0.2, -0.15) is 13.2 Å². The number of halogens is 3. The van der Waals surface area contributed by atoms with E-state index < -0.39 is 12.8 Å². The zero-order chi connectivity index (χ0) is 20.4. The van der Waals surface area contributed by atoms with Gasteiger partial charge in [0.15, 0.2) is 12.6 Å². The van der Waals surface area contributed by atoms with Gasteiger partial charge in [0.05, 0.1) is 7.11 Å². The standard InChI is InChI=1S/C19H23F3N4O2/c1-23-18(25-10-7-14-3-5-16(27-2)6-4-14)26-12-15-8-9-24-17(11-15)28-13-19(20,21)22/h3-6,8-9,11H,7,10,12-13H2,1-2H3,(H2,23,25,26). The summed E-state index contributed by atoms with van der Waals surface area (Å²) in [5.74, 6) is 1.33. The maximum Gasteiger partial charge on any atom is 0.422 e. The summed E-state index contributed by atoms with van der Waals surface area (Å²) in [6.07, 6.45) is -2.19. The second-order valence-electron chi connectivity index (χ2n) is 5.86. The number of methoxy groups -OCH3 is 1. The van der Waals surface area contributed by atoms with Crippen LogP contribution in [0.3, 0.4) is 0 Å². The monoisotopic (exact) mass is 396 g/mol. The van der Waals surface area contributed by atoms with Gasteiger partial charge in [-0.3, -0.25) is 4.99 Å². The summed E-state index contributed by atoms with van der Waals surface area (Å²) in [5.41, 5.74) is 1.88. The summed E-state index contributed by atoms with van der Waals surface area (Å²) in [5, 5.41) is 6.29. The summed E-state index contributed by atoms with van der Waals surface area (Å²) in [7, 11) is 3.27. The third-order valence-corrected chi connectivity index (χ3v) is 3.73. The first kappa shape index (κ1) is 21.3. The number of benzene rings is 1. The molecular weight excluding hydrogens is 373 g/mol. The SMILES string of the molecule is CN=C(NCCc1ccc(OC)cc1)NCc1ccnc(OCC(F)(F)F)c1. The zero-order valence-electron chi connectivity index (χ0n) is 15.7. The molecule has 9 heteroatoms. The second kappa shape index (κ2) is 10.4. The van der Waals surface area contributed by atoms with Gasteiger partial charge in [-0.15, -0.1) is 0 Å². The molecule has 0 saturated heterocycles. The summed E-state index contributed by atoms with van der Waals surface area (Å²) < 4.78 is 46.5. The van der Waals surface area contributed by atoms with Crippen LogP contribution >= 0.6 is 0 Å². The third kappa shape index (κ3) is 7.73. The van der Waals surface area contributed by atoms with E-state index in [1.807, 2.05) is 24.3 Å². The van der Waals surface area contributed by atoms with Gasteiger partial charge in [0, 0.05) is 32.4 Å². The van der Waals surface area contributed by atoms with Crippen molar-refractivity contribution in [3.63, 3.8) is 0 Å². The highest BCUT2D eigenvalue weighted by Gasteiger charge is 2.28. The van der Waals surface area contributed by atoms with Crippen LogP contribution in [-0.2, 0) is 13.0 Å². The normalized spacial score (nSPS) is 11.8. The fourth-order valence-electron chi connectivity index (χ4n) is 2.32. The number of aliphatic imine (C=N–C) groups is 1. The maximum absolute atomic E-state index is 12.2. The van der Waals surface area contributed by atoms with E-state index in [9.17, 15) is 13.2 Å². The Hall–Kier alpha value is -2.97. The average molecular weight is 396 g/mol. The molecule has 0 unspecified atom stereocenters. The Morgan fingerprint density at radius 1 is 1.11 bits per heavy atom. The first-order valence-corrected chi connectivity index (χ1v) is 8.61. The van der Waals surface area contributed by atoms with Crippen LogP contribution < -0.4 is 20.1 Å². The van der Waals surface area contributed by atoms with E-state index >= 15 is 0 Å². The summed E-state index contributed by atoms with van der Waals surface area (Å²) >= 11 is 0. The molecule has 152 valence electrons. The maximum atomic E-state index is 12.2. The fourth-order valence-corrected chi connectivity index (χ4v) is 2.32. The molecule has 1 heterocycles. The number of nitrogens with one attached hydrogen (secondary N) is 2. The third-order valence-electron chi connectivity index (χ3n) is 3.73. The van der Waals surface area contributed by atoms with E-state index in [2.05, 4.69) is 25.3 Å². The van der Waals surface area contributed by atoms with Gasteiger partial charge in [0.1, 0.15) is 5.75 Å². The van der Waals surface area contributed by atoms with E-state index in [0.29, 0.717) is 19.0 Å². The van der Waals surface area contributed by atoms with Crippen LogP contribution in [0.2, 0.25) is 0 Å². The molecule has 0 aliphatic carbocycles. The minimum atomic E-state index is -4.40. The molecule has 2 aromatic rings. The second-order valence-corrected chi connectivity index (χ2v) is 5.86. The predicted molar refractivity (Wildman–Crippen MR) is 101 cm³/mol. The molecule has 0 radical (unpaired) electrons. The zero-order valence-corrected chi connectivity index (χ0v) is 15.7. The molecular formula is C19H23F3N4O2. The number of ether oxygens (including phenoxy) is 2. The fraction of sp³-hybridized carbons (Fsp3) is 0.368. The van der Waals surface area contributed by atoms with Gasteiger partial charge in [0.2, 0.25) is 5.88 Å². The highest BCUT2D eigenvalue weighted by atomic mass is 19.4. The molecule has 0 bridgehead atoms. The minimum Gasteiger partial charge on any atom is -0.497 e. The van der Waals surface area contributed by atoms with Crippen LogP contribution in [0.5, 0.6) is 11.6 Å². The summed E-state index contributed by atoms with van der Waals surface area (Å²) in [6, 6.07) is 11.0. The summed E-state index contributed by atoms with van der Waals surface area (Å²) in [6.45, 7) is -0.332. The van der Waals surface area contributed by atoms with E-state index in [0.717, 1.165) is 23.3 Å². The number of rotatable bonds is 8. The highest BCUT2D eigenvalue weighted by molar-refractivity contribution is 5.79. The Balaban J connectivity index is 1.78. The molecule has 1 aromatic heterocycles. The van der Waals surface area contributed by atoms with Crippen molar-refractivity contribution in [2.24, 2.45) is 4.99 Å². The van der Waals surface area contributed by atoms with Crippen LogP contribution in [0, 0.1) is 0 Å². The van der Waals surface area contributed by atoms with Crippen LogP contribution in [-0.4, -0.2) is 44.4 Å². The smallest absolute Gasteiger partial charge is 0.422 e. The van der Waals surface area contributed by atoms with Gasteiger partial charge in [-0.1, -0.05) is 12.1 Å². The molecule has 0 fully saturated rings. The van der Waals surface area contributed by atoms with Crippen LogP contribution in [0.1, 0.15) is 11.1 Å². The highest BCUT2D eigenvalue weighted by Crippen LogP contribution is 2.17. The van der Waals surface area contributed by atoms with Crippen LogP contribution in [0.4, 0.5) is 13.2 Å². The lowest BCUT2D eigenvalue weighted by atomic mass is 10.1. The predicted octanol–water partition coefficient (Wildman–Crippen LogP) is 2.94. The lowest BCUT2D eigenvalue weighted by molar-refractivity contribution is -0.154. The van der Waals surface area contributed by atoms with Gasteiger partial charge in [-0.05, 0) is 35.7 Å². The van der Waals surface area contributed by atoms with Crippen molar-refractivity contribution in [1.29, 1.82) is 0 Å². The average Bonchev–Trinajstić information content (AvgIpc) is 2.69. The van der Waals surface area contributed by atoms with Gasteiger partial charge in [-0.25, -0.2) is 4.98 Å². The molecule has 0 saturated carbocycles. The molecule has 0 amide bonds. The number of nitrogens with zero attached hydrogens (tertiary/aromatic N) is 2. The van der Waals surface area contributed by atoms with Crippen LogP contribution in [0.25, 0.3) is 0 Å². The number of pyridine rings is 1. The number of aromatic nitrogens is 1. The van der Waals surface area contributed by atoms with Gasteiger partial charge < -0.3 is 20.1 Å². The van der Waals surface area contributed by atoms with E-state index in [1.54, 1.807) is 20.2 Å². The minimum absolute atomic E-state index is 0.0703.